The van der Waals surface area contributed by atoms with Gasteiger partial charge in [0.1, 0.15) is 53.1 Å². The maximum absolute atomic E-state index is 9.57. The van der Waals surface area contributed by atoms with Crippen molar-refractivity contribution in [3.8, 4) is 36.4 Å². The molecule has 7 heteroatoms. The summed E-state index contributed by atoms with van der Waals surface area (Å²) in [6, 6.07) is 24.7. The number of anilines is 1. The van der Waals surface area contributed by atoms with Crippen LogP contribution in [-0.2, 0) is 0 Å². The molecule has 0 unspecified atom stereocenters. The van der Waals surface area contributed by atoms with Crippen LogP contribution in [0.4, 0.5) is 5.69 Å². The molecule has 7 nitrogen and oxygen atoms in total. The van der Waals surface area contributed by atoms with Crippen LogP contribution >= 0.6 is 0 Å². The average molecular weight is 425 g/mol. The second kappa shape index (κ2) is 11.0. The van der Waals surface area contributed by atoms with Gasteiger partial charge >= 0.3 is 0 Å². The van der Waals surface area contributed by atoms with E-state index in [4.69, 9.17) is 10.5 Å². The Hall–Kier alpha value is -5.60. The van der Waals surface area contributed by atoms with Crippen LogP contribution in [0.25, 0.3) is 11.1 Å². The van der Waals surface area contributed by atoms with Crippen molar-refractivity contribution in [2.75, 3.05) is 19.0 Å². The second-order valence-electron chi connectivity index (χ2n) is 6.79. The van der Waals surface area contributed by atoms with Gasteiger partial charge in [0.25, 0.3) is 0 Å². The smallest absolute Gasteiger partial charge is 0.137 e. The Balaban J connectivity index is 3.07. The van der Waals surface area contributed by atoms with E-state index in [0.29, 0.717) is 21.6 Å². The highest BCUT2D eigenvalue weighted by Gasteiger charge is 2.15. The molecule has 0 radical (unpaired) electrons. The maximum atomic E-state index is 9.57. The van der Waals surface area contributed by atoms with E-state index in [0.717, 1.165) is 5.69 Å². The molecule has 0 fully saturated rings. The Kier molecular flexibility index (Phi) is 7.87. The highest BCUT2D eigenvalue weighted by Crippen LogP contribution is 2.27. The molecule has 0 aliphatic heterocycles. The maximum Gasteiger partial charge on any atom is 0.137 e. The summed E-state index contributed by atoms with van der Waals surface area (Å²) in [5.41, 5.74) is 1.54. The predicted octanol–water partition coefficient (Wildman–Crippen LogP) is 2.47. The van der Waals surface area contributed by atoms with Crippen molar-refractivity contribution in [1.82, 2.24) is 0 Å². The van der Waals surface area contributed by atoms with Crippen molar-refractivity contribution >= 4 is 16.8 Å². The fourth-order valence-electron chi connectivity index (χ4n) is 3.01. The van der Waals surface area contributed by atoms with E-state index in [1.165, 1.54) is 6.08 Å². The standard InChI is InChI=1S/C26H15N7/c1-33(2)24-9-7-21(8-10-24)26(20-5-3-19(4-6-20)22(14-29)15-30)25(23(16-31)17-32)11-18(12-27)13-28/h3-11H,1-2H3. The number of hydrogen-bond donors (Lipinski definition) is 0. The Labute approximate surface area is 191 Å². The Bertz CT molecular complexity index is 1460. The van der Waals surface area contributed by atoms with Crippen LogP contribution in [0.15, 0.2) is 71.3 Å². The average Bonchev–Trinajstić information content (AvgIpc) is 2.85. The molecular formula is C26H15N7. The van der Waals surface area contributed by atoms with E-state index in [1.807, 2.05) is 55.4 Å². The summed E-state index contributed by atoms with van der Waals surface area (Å²) in [5.74, 6) is 0. The fourth-order valence-corrected chi connectivity index (χ4v) is 3.01. The molecule has 0 spiro atoms. The number of benzene rings is 2. The first-order chi connectivity index (χ1) is 15.9. The lowest BCUT2D eigenvalue weighted by Crippen LogP contribution is -2.14. The van der Waals surface area contributed by atoms with Crippen molar-refractivity contribution < 1.29 is 0 Å². The summed E-state index contributed by atoms with van der Waals surface area (Å²) in [7, 11) is 3.78. The summed E-state index contributed by atoms with van der Waals surface area (Å²) in [5, 5.41) is 56.9. The number of nitriles is 6. The van der Waals surface area contributed by atoms with Crippen LogP contribution in [-0.4, -0.2) is 14.1 Å². The van der Waals surface area contributed by atoms with Crippen molar-refractivity contribution in [1.29, 1.82) is 31.6 Å². The number of hydrogen-bond acceptors (Lipinski definition) is 7. The zero-order chi connectivity index (χ0) is 24.4. The number of nitrogens with zero attached hydrogens (tertiary/aromatic N) is 7. The van der Waals surface area contributed by atoms with Crippen LogP contribution in [0.1, 0.15) is 5.56 Å². The van der Waals surface area contributed by atoms with E-state index in [-0.39, 0.29) is 22.3 Å². The highest BCUT2D eigenvalue weighted by molar-refractivity contribution is 5.85. The molecule has 154 valence electrons. The van der Waals surface area contributed by atoms with Crippen LogP contribution in [0.3, 0.4) is 0 Å². The molecule has 0 atom stereocenters. The zero-order valence-corrected chi connectivity index (χ0v) is 17.8. The summed E-state index contributed by atoms with van der Waals surface area (Å²) in [6.07, 6.45) is 1.22. The van der Waals surface area contributed by atoms with E-state index >= 15 is 0 Å². The SMILES string of the molecule is CN(C)c1ccc(C(C(C=C(C#N)C#N)=C(C#N)C#N)=c2ccc(=C(C#N)C#N)cc2)cc1. The van der Waals surface area contributed by atoms with Gasteiger partial charge in [-0.05, 0) is 34.6 Å². The summed E-state index contributed by atoms with van der Waals surface area (Å²) >= 11 is 0. The third-order valence-corrected chi connectivity index (χ3v) is 4.65. The van der Waals surface area contributed by atoms with E-state index in [2.05, 4.69) is 0 Å². The van der Waals surface area contributed by atoms with Gasteiger partial charge < -0.3 is 4.90 Å². The van der Waals surface area contributed by atoms with Gasteiger partial charge in [-0.1, -0.05) is 36.4 Å². The van der Waals surface area contributed by atoms with E-state index < -0.39 is 0 Å². The molecule has 2 rings (SSSR count). The molecule has 0 N–H and O–H groups in total. The molecule has 0 saturated heterocycles. The molecule has 0 heterocycles. The first kappa shape index (κ1) is 23.7. The molecular weight excluding hydrogens is 410 g/mol. The van der Waals surface area contributed by atoms with Gasteiger partial charge in [0, 0.05) is 30.6 Å². The lowest BCUT2D eigenvalue weighted by Gasteiger charge is -2.15. The van der Waals surface area contributed by atoms with Gasteiger partial charge in [-0.2, -0.15) is 31.6 Å². The minimum absolute atomic E-state index is 0.0555. The van der Waals surface area contributed by atoms with Crippen LogP contribution in [0, 0.1) is 68.0 Å². The molecule has 2 aromatic rings. The Morgan fingerprint density at radius 2 is 1.18 bits per heavy atom. The third kappa shape index (κ3) is 5.31. The number of rotatable bonds is 4. The second-order valence-corrected chi connectivity index (χ2v) is 6.79. The first-order valence-electron chi connectivity index (χ1n) is 9.43. The molecule has 0 aliphatic rings. The molecule has 0 saturated carbocycles. The minimum atomic E-state index is -0.268. The van der Waals surface area contributed by atoms with Gasteiger partial charge in [-0.3, -0.25) is 0 Å². The van der Waals surface area contributed by atoms with Crippen LogP contribution < -0.4 is 15.3 Å². The van der Waals surface area contributed by atoms with E-state index in [1.54, 1.807) is 48.5 Å². The fraction of sp³-hybridized carbons (Fsp3) is 0.0769. The van der Waals surface area contributed by atoms with Crippen molar-refractivity contribution in [2.45, 2.75) is 0 Å². The van der Waals surface area contributed by atoms with E-state index in [9.17, 15) is 21.0 Å². The predicted molar refractivity (Wildman–Crippen MR) is 121 cm³/mol. The molecule has 33 heavy (non-hydrogen) atoms. The normalized spacial score (nSPS) is 8.73. The van der Waals surface area contributed by atoms with Crippen molar-refractivity contribution in [3.05, 3.63) is 87.3 Å². The Morgan fingerprint density at radius 3 is 1.61 bits per heavy atom. The van der Waals surface area contributed by atoms with Gasteiger partial charge in [-0.15, -0.1) is 0 Å². The minimum Gasteiger partial charge on any atom is -0.378 e. The number of allylic oxidation sites excluding steroid dienone is 4. The lowest BCUT2D eigenvalue weighted by molar-refractivity contribution is 1.13. The Morgan fingerprint density at radius 1 is 0.667 bits per heavy atom. The molecule has 0 bridgehead atoms. The molecule has 0 aromatic heterocycles. The van der Waals surface area contributed by atoms with Crippen LogP contribution in [0.2, 0.25) is 0 Å². The quantitative estimate of drug-likeness (QED) is 0.540. The zero-order valence-electron chi connectivity index (χ0n) is 17.8. The summed E-state index contributed by atoms with van der Waals surface area (Å²) in [6.45, 7) is 0. The third-order valence-electron chi connectivity index (χ3n) is 4.65. The molecule has 0 aliphatic carbocycles. The first-order valence-corrected chi connectivity index (χ1v) is 9.43. The molecule has 0 amide bonds. The van der Waals surface area contributed by atoms with Crippen molar-refractivity contribution in [3.63, 3.8) is 0 Å². The topological polar surface area (TPSA) is 146 Å². The van der Waals surface area contributed by atoms with Crippen molar-refractivity contribution in [2.24, 2.45) is 0 Å². The lowest BCUT2D eigenvalue weighted by atomic mass is 9.90. The van der Waals surface area contributed by atoms with Gasteiger partial charge in [0.2, 0.25) is 0 Å². The van der Waals surface area contributed by atoms with Crippen LogP contribution in [0.5, 0.6) is 0 Å². The molecule has 2 aromatic carbocycles. The van der Waals surface area contributed by atoms with Gasteiger partial charge in [0.05, 0.1) is 0 Å². The largest absolute Gasteiger partial charge is 0.378 e. The van der Waals surface area contributed by atoms with Gasteiger partial charge in [-0.25, -0.2) is 0 Å². The monoisotopic (exact) mass is 425 g/mol. The van der Waals surface area contributed by atoms with Gasteiger partial charge in [0.15, 0.2) is 0 Å². The highest BCUT2D eigenvalue weighted by atomic mass is 15.1. The summed E-state index contributed by atoms with van der Waals surface area (Å²) < 4.78 is 0. The summed E-state index contributed by atoms with van der Waals surface area (Å²) in [4.78, 5) is 1.91.